The van der Waals surface area contributed by atoms with E-state index in [0.29, 0.717) is 16.4 Å². The zero-order valence-electron chi connectivity index (χ0n) is 24.7. The lowest BCUT2D eigenvalue weighted by atomic mass is 10.1. The number of rotatable bonds is 9. The van der Waals surface area contributed by atoms with E-state index in [4.69, 9.17) is 0 Å². The lowest BCUT2D eigenvalue weighted by molar-refractivity contribution is -0.128. The average Bonchev–Trinajstić information content (AvgIpc) is 3.73. The molecule has 41 heavy (non-hydrogen) atoms. The first-order chi connectivity index (χ1) is 19.4. The maximum atomic E-state index is 12.3. The summed E-state index contributed by atoms with van der Waals surface area (Å²) in [6, 6.07) is 11.3. The highest BCUT2D eigenvalue weighted by Crippen LogP contribution is 2.29. The minimum absolute atomic E-state index is 0.136. The van der Waals surface area contributed by atoms with Crippen LogP contribution in [0.2, 0.25) is 0 Å². The highest BCUT2D eigenvalue weighted by Gasteiger charge is 2.29. The fourth-order valence-electron chi connectivity index (χ4n) is 3.56. The fourth-order valence-corrected chi connectivity index (χ4v) is 4.30. The minimum atomic E-state index is -0.826. The molecule has 0 bridgehead atoms. The van der Waals surface area contributed by atoms with Gasteiger partial charge in [-0.3, -0.25) is 19.1 Å². The second-order valence-electron chi connectivity index (χ2n) is 10.5. The van der Waals surface area contributed by atoms with E-state index >= 15 is 0 Å². The molecule has 0 aliphatic carbocycles. The van der Waals surface area contributed by atoms with Gasteiger partial charge in [-0.25, -0.2) is 4.98 Å². The maximum absolute atomic E-state index is 12.3. The zero-order chi connectivity index (χ0) is 30.2. The lowest BCUT2D eigenvalue weighted by Gasteiger charge is -2.23. The molecule has 4 aromatic rings. The molecule has 0 radical (unpaired) electrons. The van der Waals surface area contributed by atoms with Crippen molar-refractivity contribution >= 4 is 34.2 Å². The Morgan fingerprint density at radius 3 is 2.34 bits per heavy atom. The molecule has 0 aliphatic rings. The number of likely N-dealkylation sites (N-methyl/N-ethyl adjacent to an activating group) is 1. The summed E-state index contributed by atoms with van der Waals surface area (Å²) >= 11 is 1.30. The van der Waals surface area contributed by atoms with Crippen LogP contribution in [-0.4, -0.2) is 50.6 Å². The number of thiazole rings is 1. The fraction of sp³-hybridized carbons (Fsp3) is 0.367. The Kier molecular flexibility index (Phi) is 10.6. The molecule has 0 saturated heterocycles. The second kappa shape index (κ2) is 13.9. The van der Waals surface area contributed by atoms with Crippen molar-refractivity contribution in [3.05, 3.63) is 65.9 Å². The van der Waals surface area contributed by atoms with Crippen LogP contribution in [0.1, 0.15) is 51.4 Å². The van der Waals surface area contributed by atoms with E-state index in [-0.39, 0.29) is 24.3 Å². The smallest absolute Gasteiger partial charge is 0.253 e. The molecule has 3 amide bonds. The van der Waals surface area contributed by atoms with Gasteiger partial charge in [0, 0.05) is 49.2 Å². The second-order valence-corrected chi connectivity index (χ2v) is 11.4. The topological polar surface area (TPSA) is 123 Å². The number of amides is 3. The van der Waals surface area contributed by atoms with Crippen molar-refractivity contribution in [2.45, 2.75) is 46.6 Å². The van der Waals surface area contributed by atoms with Crippen LogP contribution < -0.4 is 16.0 Å². The third-order valence-electron chi connectivity index (χ3n) is 6.47. The van der Waals surface area contributed by atoms with E-state index in [2.05, 4.69) is 46.8 Å². The highest BCUT2D eigenvalue weighted by atomic mass is 32.1. The summed E-state index contributed by atoms with van der Waals surface area (Å²) in [5.41, 5.74) is 2.83. The Hall–Kier alpha value is -4.25. The maximum Gasteiger partial charge on any atom is 0.253 e. The third-order valence-corrected chi connectivity index (χ3v) is 7.23. The lowest BCUT2D eigenvalue weighted by Crippen LogP contribution is -2.43. The number of aryl methyl sites for hydroxylation is 1. The van der Waals surface area contributed by atoms with E-state index < -0.39 is 5.54 Å². The number of aromatic nitrogens is 4. The number of anilines is 1. The van der Waals surface area contributed by atoms with E-state index in [1.54, 1.807) is 54.8 Å². The van der Waals surface area contributed by atoms with E-state index in [1.165, 1.54) is 17.8 Å². The number of nitrogens with one attached hydrogen (secondary N) is 3. The van der Waals surface area contributed by atoms with Gasteiger partial charge in [0.25, 0.3) is 5.91 Å². The van der Waals surface area contributed by atoms with Gasteiger partial charge in [0.2, 0.25) is 11.8 Å². The van der Waals surface area contributed by atoms with Gasteiger partial charge in [-0.05, 0) is 38.0 Å². The molecule has 3 heterocycles. The van der Waals surface area contributed by atoms with Crippen molar-refractivity contribution in [2.24, 2.45) is 13.0 Å². The van der Waals surface area contributed by atoms with Crippen LogP contribution in [0.25, 0.3) is 22.5 Å². The van der Waals surface area contributed by atoms with Crippen LogP contribution in [0.4, 0.5) is 5.13 Å². The van der Waals surface area contributed by atoms with E-state index in [1.807, 2.05) is 42.8 Å². The van der Waals surface area contributed by atoms with Gasteiger partial charge in [0.15, 0.2) is 5.13 Å². The highest BCUT2D eigenvalue weighted by molar-refractivity contribution is 7.14. The number of hydrogen-bond donors (Lipinski definition) is 3. The van der Waals surface area contributed by atoms with E-state index in [9.17, 15) is 14.4 Å². The molecule has 3 N–H and O–H groups in total. The van der Waals surface area contributed by atoms with Gasteiger partial charge in [-0.2, -0.15) is 5.10 Å². The minimum Gasteiger partial charge on any atom is -0.357 e. The van der Waals surface area contributed by atoms with Crippen LogP contribution in [-0.2, 0) is 22.2 Å². The van der Waals surface area contributed by atoms with Crippen molar-refractivity contribution < 1.29 is 14.4 Å². The molecular formula is C30H39N7O3S. The molecule has 3 aromatic heterocycles. The summed E-state index contributed by atoms with van der Waals surface area (Å²) in [7, 11) is 3.42. The number of hydrogen-bond acceptors (Lipinski definition) is 6. The van der Waals surface area contributed by atoms with Crippen molar-refractivity contribution in [1.29, 1.82) is 0 Å². The summed E-state index contributed by atoms with van der Waals surface area (Å²) in [6.45, 7) is 10.1. The number of nitrogens with zero attached hydrogens (tertiary/aromatic N) is 4. The first-order valence-electron chi connectivity index (χ1n) is 13.5. The molecule has 0 aliphatic heterocycles. The molecule has 0 unspecified atom stereocenters. The first-order valence-corrected chi connectivity index (χ1v) is 14.4. The van der Waals surface area contributed by atoms with Gasteiger partial charge < -0.3 is 20.5 Å². The quantitative estimate of drug-likeness (QED) is 0.261. The van der Waals surface area contributed by atoms with Gasteiger partial charge in [0.1, 0.15) is 5.54 Å². The Morgan fingerprint density at radius 1 is 1.05 bits per heavy atom. The van der Waals surface area contributed by atoms with Gasteiger partial charge in [-0.15, -0.1) is 11.3 Å². The molecule has 0 fully saturated rings. The van der Waals surface area contributed by atoms with Gasteiger partial charge >= 0.3 is 0 Å². The largest absolute Gasteiger partial charge is 0.357 e. The molecule has 0 atom stereocenters. The SMILES string of the molecule is CCC(C)C.CNC(=O)C(C)(C)n1ccc(-c2cccc(-c3csc(NC(=O)CNC(=O)c4ccn(C)c4)n3)c2)n1. The summed E-state index contributed by atoms with van der Waals surface area (Å²) in [6.07, 6.45) is 6.53. The number of carbonyl (C=O) groups is 3. The number of carbonyl (C=O) groups excluding carboxylic acids is 3. The average molecular weight is 578 g/mol. The third kappa shape index (κ3) is 8.37. The monoisotopic (exact) mass is 577 g/mol. The predicted molar refractivity (Wildman–Crippen MR) is 164 cm³/mol. The van der Waals surface area contributed by atoms with Crippen LogP contribution in [0.15, 0.2) is 60.4 Å². The summed E-state index contributed by atoms with van der Waals surface area (Å²) in [5, 5.41) is 14.9. The Balaban J connectivity index is 0.000000850. The zero-order valence-corrected chi connectivity index (χ0v) is 25.5. The molecule has 0 spiro atoms. The van der Waals surface area contributed by atoms with Crippen molar-refractivity contribution in [2.75, 3.05) is 18.9 Å². The standard InChI is InChI=1S/C25H27N7O3S.C5H12/c1-25(2,23(35)26-3)32-11-9-19(30-32)16-6-5-7-17(12-16)20-15-36-24(28-20)29-21(33)13-27-22(34)18-8-10-31(4)14-18;1-4-5(2)3/h5-12,14-15H,13H2,1-4H3,(H,26,35)(H,27,34)(H,28,29,33);5H,4H2,1-3H3. The Labute approximate surface area is 245 Å². The van der Waals surface area contributed by atoms with Crippen LogP contribution >= 0.6 is 11.3 Å². The molecule has 11 heteroatoms. The summed E-state index contributed by atoms with van der Waals surface area (Å²) < 4.78 is 3.40. The molecule has 0 saturated carbocycles. The van der Waals surface area contributed by atoms with Crippen LogP contribution in [0.5, 0.6) is 0 Å². The van der Waals surface area contributed by atoms with Gasteiger partial charge in [-0.1, -0.05) is 45.4 Å². The van der Waals surface area contributed by atoms with Crippen LogP contribution in [0.3, 0.4) is 0 Å². The molecule has 1 aromatic carbocycles. The normalized spacial score (nSPS) is 11.0. The summed E-state index contributed by atoms with van der Waals surface area (Å²) in [4.78, 5) is 41.1. The Morgan fingerprint density at radius 2 is 1.73 bits per heavy atom. The predicted octanol–water partition coefficient (Wildman–Crippen LogP) is 4.91. The van der Waals surface area contributed by atoms with Gasteiger partial charge in [0.05, 0.1) is 23.5 Å². The van der Waals surface area contributed by atoms with Crippen molar-refractivity contribution in [1.82, 2.24) is 30.0 Å². The molecule has 4 rings (SSSR count). The van der Waals surface area contributed by atoms with E-state index in [0.717, 1.165) is 22.7 Å². The van der Waals surface area contributed by atoms with Crippen molar-refractivity contribution in [3.8, 4) is 22.5 Å². The molecular weight excluding hydrogens is 538 g/mol. The Bertz CT molecular complexity index is 1480. The van der Waals surface area contributed by atoms with Crippen molar-refractivity contribution in [3.63, 3.8) is 0 Å². The number of benzene rings is 1. The first kappa shape index (κ1) is 31.3. The molecule has 218 valence electrons. The molecule has 10 nitrogen and oxygen atoms in total. The van der Waals surface area contributed by atoms with Crippen LogP contribution in [0, 0.1) is 5.92 Å². The summed E-state index contributed by atoms with van der Waals surface area (Å²) in [5.74, 6) is 0.0688.